The average molecular weight is 345 g/mol. The van der Waals surface area contributed by atoms with Gasteiger partial charge in [0.05, 0.1) is 5.52 Å². The van der Waals surface area contributed by atoms with E-state index in [2.05, 4.69) is 49.5 Å². The van der Waals surface area contributed by atoms with Crippen LogP contribution in [0.3, 0.4) is 0 Å². The van der Waals surface area contributed by atoms with Crippen LogP contribution in [-0.2, 0) is 4.74 Å². The highest BCUT2D eigenvalue weighted by Gasteiger charge is 2.16. The van der Waals surface area contributed by atoms with Gasteiger partial charge in [0, 0.05) is 48.0 Å². The van der Waals surface area contributed by atoms with Crippen molar-refractivity contribution >= 4 is 27.8 Å². The van der Waals surface area contributed by atoms with Crippen molar-refractivity contribution in [3.8, 4) is 11.1 Å². The van der Waals surface area contributed by atoms with Crippen molar-refractivity contribution in [3.63, 3.8) is 0 Å². The fourth-order valence-corrected chi connectivity index (χ4v) is 3.57. The number of nitrogens with zero attached hydrogens (tertiary/aromatic N) is 3. The molecule has 4 heterocycles. The maximum atomic E-state index is 5.45. The van der Waals surface area contributed by atoms with Crippen LogP contribution in [-0.4, -0.2) is 39.2 Å². The second-order valence-corrected chi connectivity index (χ2v) is 6.59. The first-order valence-electron chi connectivity index (χ1n) is 8.90. The summed E-state index contributed by atoms with van der Waals surface area (Å²) in [5, 5.41) is 5.73. The van der Waals surface area contributed by atoms with Gasteiger partial charge < -0.3 is 15.0 Å². The normalized spacial score (nSPS) is 15.5. The number of hydrogen-bond donors (Lipinski definition) is 2. The molecule has 5 rings (SSSR count). The molecule has 1 aliphatic rings. The second kappa shape index (κ2) is 6.38. The molecule has 1 fully saturated rings. The third kappa shape index (κ3) is 2.68. The van der Waals surface area contributed by atoms with Crippen LogP contribution in [0.15, 0.2) is 49.1 Å². The smallest absolute Gasteiger partial charge is 0.137 e. The molecule has 6 nitrogen and oxygen atoms in total. The minimum absolute atomic E-state index is 0.391. The van der Waals surface area contributed by atoms with E-state index in [0.29, 0.717) is 6.04 Å². The lowest BCUT2D eigenvalue weighted by Gasteiger charge is -2.24. The standard InChI is InChI=1S/C20H19N5O/c1-2-15-17(11-22-19(15)21-7-1)13-3-4-18-16(10-13)20(24-12-23-18)25-14-5-8-26-9-6-14/h1-4,7,10-12,14H,5-6,8-9H2,(H,21,22)(H,23,24,25). The molecule has 0 atom stereocenters. The summed E-state index contributed by atoms with van der Waals surface area (Å²) < 4.78 is 5.45. The van der Waals surface area contributed by atoms with Gasteiger partial charge in [-0.3, -0.25) is 0 Å². The van der Waals surface area contributed by atoms with Gasteiger partial charge >= 0.3 is 0 Å². The van der Waals surface area contributed by atoms with Crippen LogP contribution in [0.2, 0.25) is 0 Å². The van der Waals surface area contributed by atoms with Gasteiger partial charge in [-0.05, 0) is 42.7 Å². The van der Waals surface area contributed by atoms with Crippen LogP contribution in [0, 0.1) is 0 Å². The number of aromatic amines is 1. The molecule has 0 saturated carbocycles. The summed E-state index contributed by atoms with van der Waals surface area (Å²) in [6.45, 7) is 1.60. The zero-order chi connectivity index (χ0) is 17.3. The number of aromatic nitrogens is 4. The van der Waals surface area contributed by atoms with Crippen molar-refractivity contribution in [2.45, 2.75) is 18.9 Å². The van der Waals surface area contributed by atoms with Crippen molar-refractivity contribution < 1.29 is 4.74 Å². The van der Waals surface area contributed by atoms with E-state index in [4.69, 9.17) is 4.74 Å². The Morgan fingerprint density at radius 1 is 1.04 bits per heavy atom. The van der Waals surface area contributed by atoms with Crippen LogP contribution in [0.1, 0.15) is 12.8 Å². The molecule has 130 valence electrons. The predicted molar refractivity (Wildman–Crippen MR) is 102 cm³/mol. The molecule has 1 aromatic carbocycles. The molecule has 1 aliphatic heterocycles. The number of pyridine rings is 1. The van der Waals surface area contributed by atoms with Gasteiger partial charge in [-0.1, -0.05) is 6.07 Å². The molecule has 0 spiro atoms. The lowest BCUT2D eigenvalue weighted by molar-refractivity contribution is 0.0904. The monoisotopic (exact) mass is 345 g/mol. The number of rotatable bonds is 3. The van der Waals surface area contributed by atoms with Crippen LogP contribution in [0.5, 0.6) is 0 Å². The van der Waals surface area contributed by atoms with E-state index in [1.54, 1.807) is 12.5 Å². The first-order chi connectivity index (χ1) is 12.9. The van der Waals surface area contributed by atoms with Crippen LogP contribution in [0.25, 0.3) is 33.1 Å². The number of hydrogen-bond acceptors (Lipinski definition) is 5. The van der Waals surface area contributed by atoms with Crippen molar-refractivity contribution in [1.29, 1.82) is 0 Å². The molecular weight excluding hydrogens is 326 g/mol. The Hall–Kier alpha value is -2.99. The average Bonchev–Trinajstić information content (AvgIpc) is 3.13. The van der Waals surface area contributed by atoms with E-state index >= 15 is 0 Å². The number of H-pyrrole nitrogens is 1. The summed E-state index contributed by atoms with van der Waals surface area (Å²) in [6, 6.07) is 10.7. The summed E-state index contributed by atoms with van der Waals surface area (Å²) in [7, 11) is 0. The predicted octanol–water partition coefficient (Wildman–Crippen LogP) is 3.76. The Morgan fingerprint density at radius 3 is 2.88 bits per heavy atom. The fraction of sp³-hybridized carbons (Fsp3) is 0.250. The van der Waals surface area contributed by atoms with Gasteiger partial charge in [0.25, 0.3) is 0 Å². The Balaban J connectivity index is 1.58. The van der Waals surface area contributed by atoms with Gasteiger partial charge in [0.1, 0.15) is 17.8 Å². The summed E-state index contributed by atoms with van der Waals surface area (Å²) in [5.41, 5.74) is 4.10. The third-order valence-corrected chi connectivity index (χ3v) is 4.96. The molecule has 1 saturated heterocycles. The topological polar surface area (TPSA) is 75.7 Å². The van der Waals surface area contributed by atoms with Gasteiger partial charge in [-0.2, -0.15) is 0 Å². The minimum atomic E-state index is 0.391. The molecule has 0 radical (unpaired) electrons. The highest BCUT2D eigenvalue weighted by Crippen LogP contribution is 2.31. The highest BCUT2D eigenvalue weighted by molar-refractivity contribution is 5.98. The molecule has 3 aromatic heterocycles. The van der Waals surface area contributed by atoms with Crippen molar-refractivity contribution in [3.05, 3.63) is 49.1 Å². The summed E-state index contributed by atoms with van der Waals surface area (Å²) in [5.74, 6) is 0.890. The number of ether oxygens (including phenoxy) is 1. The van der Waals surface area contributed by atoms with E-state index < -0.39 is 0 Å². The SMILES string of the molecule is c1cnc2[nH]cc(-c3ccc4ncnc(NC5CCOCC5)c4c3)c2c1. The Kier molecular flexibility index (Phi) is 3.75. The van der Waals surface area contributed by atoms with Gasteiger partial charge in [-0.25, -0.2) is 15.0 Å². The molecule has 2 N–H and O–H groups in total. The zero-order valence-electron chi connectivity index (χ0n) is 14.3. The second-order valence-electron chi connectivity index (χ2n) is 6.59. The first-order valence-corrected chi connectivity index (χ1v) is 8.90. The first kappa shape index (κ1) is 15.3. The maximum absolute atomic E-state index is 5.45. The molecule has 6 heteroatoms. The van der Waals surface area contributed by atoms with E-state index in [1.165, 1.54) is 0 Å². The van der Waals surface area contributed by atoms with Gasteiger partial charge in [0.15, 0.2) is 0 Å². The van der Waals surface area contributed by atoms with Crippen LogP contribution >= 0.6 is 0 Å². The number of fused-ring (bicyclic) bond motifs is 2. The van der Waals surface area contributed by atoms with Crippen LogP contribution in [0.4, 0.5) is 5.82 Å². The summed E-state index contributed by atoms with van der Waals surface area (Å²) in [6.07, 6.45) is 7.43. The van der Waals surface area contributed by atoms with E-state index in [1.807, 2.05) is 12.3 Å². The van der Waals surface area contributed by atoms with Gasteiger partial charge in [0.2, 0.25) is 0 Å². The maximum Gasteiger partial charge on any atom is 0.137 e. The lowest BCUT2D eigenvalue weighted by atomic mass is 10.0. The van der Waals surface area contributed by atoms with Crippen molar-refractivity contribution in [1.82, 2.24) is 19.9 Å². The summed E-state index contributed by atoms with van der Waals surface area (Å²) >= 11 is 0. The number of anilines is 1. The van der Waals surface area contributed by atoms with Crippen molar-refractivity contribution in [2.75, 3.05) is 18.5 Å². The Labute approximate surface area is 150 Å². The molecule has 0 amide bonds. The molecule has 0 bridgehead atoms. The van der Waals surface area contributed by atoms with E-state index in [-0.39, 0.29) is 0 Å². The van der Waals surface area contributed by atoms with E-state index in [0.717, 1.165) is 64.9 Å². The van der Waals surface area contributed by atoms with Crippen molar-refractivity contribution in [2.24, 2.45) is 0 Å². The molecule has 4 aromatic rings. The van der Waals surface area contributed by atoms with E-state index in [9.17, 15) is 0 Å². The Morgan fingerprint density at radius 2 is 1.96 bits per heavy atom. The third-order valence-electron chi connectivity index (χ3n) is 4.96. The summed E-state index contributed by atoms with van der Waals surface area (Å²) in [4.78, 5) is 16.5. The number of benzene rings is 1. The minimum Gasteiger partial charge on any atom is -0.381 e. The Bertz CT molecular complexity index is 1070. The quantitative estimate of drug-likeness (QED) is 0.591. The highest BCUT2D eigenvalue weighted by atomic mass is 16.5. The molecular formula is C20H19N5O. The lowest BCUT2D eigenvalue weighted by Crippen LogP contribution is -2.28. The van der Waals surface area contributed by atoms with Crippen LogP contribution < -0.4 is 5.32 Å². The van der Waals surface area contributed by atoms with Gasteiger partial charge in [-0.15, -0.1) is 0 Å². The molecule has 26 heavy (non-hydrogen) atoms. The largest absolute Gasteiger partial charge is 0.381 e. The zero-order valence-corrected chi connectivity index (χ0v) is 14.3. The number of nitrogens with one attached hydrogen (secondary N) is 2. The fourth-order valence-electron chi connectivity index (χ4n) is 3.57. The molecule has 0 aliphatic carbocycles. The molecule has 0 unspecified atom stereocenters.